The lowest BCUT2D eigenvalue weighted by molar-refractivity contribution is 0.415. The number of benzene rings is 1. The molecule has 3 nitrogen and oxygen atoms in total. The number of ether oxygens (including phenoxy) is 1. The molecule has 0 radical (unpaired) electrons. The van der Waals surface area contributed by atoms with Crippen LogP contribution in [0.1, 0.15) is 5.56 Å². The molecule has 0 saturated carbocycles. The topological polar surface area (TPSA) is 48.8 Å². The lowest BCUT2D eigenvalue weighted by Gasteiger charge is -2.07. The largest absolute Gasteiger partial charge is 0.496 e. The smallest absolute Gasteiger partial charge is 0.126 e. The van der Waals surface area contributed by atoms with Gasteiger partial charge in [-0.05, 0) is 18.2 Å². The van der Waals surface area contributed by atoms with Gasteiger partial charge in [-0.3, -0.25) is 0 Å². The van der Waals surface area contributed by atoms with Crippen LogP contribution in [0, 0.1) is 17.1 Å². The molecule has 0 aliphatic rings. The van der Waals surface area contributed by atoms with Crippen molar-refractivity contribution < 1.29 is 9.13 Å². The summed E-state index contributed by atoms with van der Waals surface area (Å²) in [5, 5.41) is 8.90. The van der Waals surface area contributed by atoms with Gasteiger partial charge < -0.3 is 9.72 Å². The highest BCUT2D eigenvalue weighted by Crippen LogP contribution is 2.32. The fourth-order valence-corrected chi connectivity index (χ4v) is 1.57. The molecule has 80 valence electrons. The van der Waals surface area contributed by atoms with E-state index in [1.165, 1.54) is 19.2 Å². The highest BCUT2D eigenvalue weighted by molar-refractivity contribution is 5.75. The summed E-state index contributed by atoms with van der Waals surface area (Å²) in [4.78, 5) is 2.82. The molecule has 2 aromatic rings. The number of aromatic nitrogens is 1. The van der Waals surface area contributed by atoms with Gasteiger partial charge >= 0.3 is 0 Å². The Morgan fingerprint density at radius 3 is 2.81 bits per heavy atom. The summed E-state index contributed by atoms with van der Waals surface area (Å²) >= 11 is 0. The second kappa shape index (κ2) is 4.07. The van der Waals surface area contributed by atoms with E-state index in [1.54, 1.807) is 18.5 Å². The van der Waals surface area contributed by atoms with Gasteiger partial charge in [0.1, 0.15) is 17.6 Å². The van der Waals surface area contributed by atoms with Crippen molar-refractivity contribution in [3.63, 3.8) is 0 Å². The standard InChI is InChI=1S/C12H9FN2O/c1-16-12-3-2-9(13)4-10(12)11-7-15-6-8(11)5-14/h2-4,6-7,15H,1H3. The van der Waals surface area contributed by atoms with E-state index in [1.807, 2.05) is 6.07 Å². The Labute approximate surface area is 92.1 Å². The summed E-state index contributed by atoms with van der Waals surface area (Å²) in [6, 6.07) is 6.25. The maximum Gasteiger partial charge on any atom is 0.126 e. The number of nitriles is 1. The van der Waals surface area contributed by atoms with E-state index in [0.717, 1.165) is 0 Å². The number of hydrogen-bond donors (Lipinski definition) is 1. The predicted molar refractivity (Wildman–Crippen MR) is 57.5 cm³/mol. The van der Waals surface area contributed by atoms with Crippen molar-refractivity contribution in [2.24, 2.45) is 0 Å². The third kappa shape index (κ3) is 1.63. The SMILES string of the molecule is COc1ccc(F)cc1-c1c[nH]cc1C#N. The number of H-pyrrole nitrogens is 1. The van der Waals surface area contributed by atoms with Crippen LogP contribution in [0.2, 0.25) is 0 Å². The molecule has 0 unspecified atom stereocenters. The van der Waals surface area contributed by atoms with Crippen LogP contribution in [-0.4, -0.2) is 12.1 Å². The van der Waals surface area contributed by atoms with Crippen molar-refractivity contribution >= 4 is 0 Å². The van der Waals surface area contributed by atoms with Gasteiger partial charge in [0, 0.05) is 23.5 Å². The van der Waals surface area contributed by atoms with Crippen LogP contribution < -0.4 is 4.74 Å². The van der Waals surface area contributed by atoms with Crippen molar-refractivity contribution in [3.05, 3.63) is 42.0 Å². The van der Waals surface area contributed by atoms with E-state index in [4.69, 9.17) is 10.00 Å². The number of hydrogen-bond acceptors (Lipinski definition) is 2. The Bertz CT molecular complexity index is 554. The third-order valence-electron chi connectivity index (χ3n) is 2.32. The first kappa shape index (κ1) is 10.2. The number of nitrogens with zero attached hydrogens (tertiary/aromatic N) is 1. The number of halogens is 1. The van der Waals surface area contributed by atoms with Crippen LogP contribution in [0.5, 0.6) is 5.75 Å². The molecule has 0 spiro atoms. The maximum atomic E-state index is 13.2. The zero-order valence-electron chi connectivity index (χ0n) is 8.62. The van der Waals surface area contributed by atoms with Crippen molar-refractivity contribution in [1.29, 1.82) is 5.26 Å². The molecule has 1 aromatic carbocycles. The minimum Gasteiger partial charge on any atom is -0.496 e. The molecule has 4 heteroatoms. The summed E-state index contributed by atoms with van der Waals surface area (Å²) in [7, 11) is 1.51. The van der Waals surface area contributed by atoms with Crippen molar-refractivity contribution in [2.45, 2.75) is 0 Å². The second-order valence-corrected chi connectivity index (χ2v) is 3.24. The summed E-state index contributed by atoms with van der Waals surface area (Å²) in [6.45, 7) is 0. The highest BCUT2D eigenvalue weighted by atomic mass is 19.1. The van der Waals surface area contributed by atoms with E-state index in [0.29, 0.717) is 22.4 Å². The zero-order chi connectivity index (χ0) is 11.5. The van der Waals surface area contributed by atoms with Gasteiger partial charge in [0.15, 0.2) is 0 Å². The number of aromatic amines is 1. The zero-order valence-corrected chi connectivity index (χ0v) is 8.62. The Morgan fingerprint density at radius 1 is 1.31 bits per heavy atom. The molecule has 0 aliphatic heterocycles. The van der Waals surface area contributed by atoms with Gasteiger partial charge in [-0.1, -0.05) is 0 Å². The molecular formula is C12H9FN2O. The second-order valence-electron chi connectivity index (χ2n) is 3.24. The predicted octanol–water partition coefficient (Wildman–Crippen LogP) is 2.70. The normalized spacial score (nSPS) is 9.81. The minimum absolute atomic E-state index is 0.360. The molecular weight excluding hydrogens is 207 g/mol. The lowest BCUT2D eigenvalue weighted by atomic mass is 10.0. The van der Waals surface area contributed by atoms with E-state index in [2.05, 4.69) is 4.98 Å². The summed E-state index contributed by atoms with van der Waals surface area (Å²) < 4.78 is 18.3. The molecule has 2 rings (SSSR count). The van der Waals surface area contributed by atoms with Gasteiger partial charge in [0.2, 0.25) is 0 Å². The quantitative estimate of drug-likeness (QED) is 0.838. The van der Waals surface area contributed by atoms with E-state index in [-0.39, 0.29) is 5.82 Å². The Kier molecular flexibility index (Phi) is 2.61. The van der Waals surface area contributed by atoms with E-state index < -0.39 is 0 Å². The number of methoxy groups -OCH3 is 1. The molecule has 0 bridgehead atoms. The molecule has 1 N–H and O–H groups in total. The van der Waals surface area contributed by atoms with Crippen LogP contribution in [-0.2, 0) is 0 Å². The average molecular weight is 216 g/mol. The molecule has 0 fully saturated rings. The molecule has 0 atom stereocenters. The average Bonchev–Trinajstić information content (AvgIpc) is 2.76. The van der Waals surface area contributed by atoms with E-state index in [9.17, 15) is 4.39 Å². The fraction of sp³-hybridized carbons (Fsp3) is 0.0833. The monoisotopic (exact) mass is 216 g/mol. The first-order valence-electron chi connectivity index (χ1n) is 4.67. The van der Waals surface area contributed by atoms with Crippen LogP contribution in [0.3, 0.4) is 0 Å². The van der Waals surface area contributed by atoms with Crippen LogP contribution in [0.25, 0.3) is 11.1 Å². The molecule has 16 heavy (non-hydrogen) atoms. The van der Waals surface area contributed by atoms with Gasteiger partial charge in [-0.25, -0.2) is 4.39 Å². The van der Waals surface area contributed by atoms with Crippen LogP contribution in [0.15, 0.2) is 30.6 Å². The first-order valence-corrected chi connectivity index (χ1v) is 4.67. The Morgan fingerprint density at radius 2 is 2.12 bits per heavy atom. The van der Waals surface area contributed by atoms with Crippen molar-refractivity contribution in [2.75, 3.05) is 7.11 Å². The Balaban J connectivity index is 2.63. The molecule has 0 amide bonds. The minimum atomic E-state index is -0.360. The molecule has 0 aliphatic carbocycles. The number of rotatable bonds is 2. The highest BCUT2D eigenvalue weighted by Gasteiger charge is 2.11. The van der Waals surface area contributed by atoms with Gasteiger partial charge in [-0.15, -0.1) is 0 Å². The van der Waals surface area contributed by atoms with Gasteiger partial charge in [0.25, 0.3) is 0 Å². The first-order chi connectivity index (χ1) is 7.76. The molecule has 1 aromatic heterocycles. The third-order valence-corrected chi connectivity index (χ3v) is 2.32. The fourth-order valence-electron chi connectivity index (χ4n) is 1.57. The van der Waals surface area contributed by atoms with E-state index >= 15 is 0 Å². The summed E-state index contributed by atoms with van der Waals surface area (Å²) in [5.74, 6) is 0.179. The van der Waals surface area contributed by atoms with Crippen molar-refractivity contribution in [3.8, 4) is 22.9 Å². The molecule has 1 heterocycles. The number of nitrogens with one attached hydrogen (secondary N) is 1. The Hall–Kier alpha value is -2.28. The van der Waals surface area contributed by atoms with Gasteiger partial charge in [-0.2, -0.15) is 5.26 Å². The van der Waals surface area contributed by atoms with Crippen LogP contribution >= 0.6 is 0 Å². The maximum absolute atomic E-state index is 13.2. The lowest BCUT2D eigenvalue weighted by Crippen LogP contribution is -1.89. The summed E-state index contributed by atoms with van der Waals surface area (Å²) in [6.07, 6.45) is 3.22. The molecule has 0 saturated heterocycles. The van der Waals surface area contributed by atoms with Crippen LogP contribution in [0.4, 0.5) is 4.39 Å². The summed E-state index contributed by atoms with van der Waals surface area (Å²) in [5.41, 5.74) is 1.67. The van der Waals surface area contributed by atoms with Crippen molar-refractivity contribution in [1.82, 2.24) is 4.98 Å². The van der Waals surface area contributed by atoms with Gasteiger partial charge in [0.05, 0.1) is 12.7 Å².